The second-order valence-electron chi connectivity index (χ2n) is 5.13. The summed E-state index contributed by atoms with van der Waals surface area (Å²) in [5.41, 5.74) is 1.18. The van der Waals surface area contributed by atoms with Crippen molar-refractivity contribution in [2.75, 3.05) is 24.7 Å². The molecule has 2 atom stereocenters. The van der Waals surface area contributed by atoms with Crippen LogP contribution in [0.15, 0.2) is 24.3 Å². The summed E-state index contributed by atoms with van der Waals surface area (Å²) in [6.45, 7) is 7.79. The molecule has 0 spiro atoms. The molecule has 0 aliphatic carbocycles. The van der Waals surface area contributed by atoms with E-state index in [4.69, 9.17) is 4.74 Å². The zero-order chi connectivity index (χ0) is 15.5. The van der Waals surface area contributed by atoms with Gasteiger partial charge in [0.1, 0.15) is 5.75 Å². The number of hydrogen-bond donors (Lipinski definition) is 1. The van der Waals surface area contributed by atoms with Gasteiger partial charge in [-0.2, -0.15) is 0 Å². The van der Waals surface area contributed by atoms with Crippen LogP contribution in [0.1, 0.15) is 51.6 Å². The zero-order valence-corrected chi connectivity index (χ0v) is 14.4. The summed E-state index contributed by atoms with van der Waals surface area (Å²) >= 11 is 0. The summed E-state index contributed by atoms with van der Waals surface area (Å²) in [7, 11) is -0.756. The maximum Gasteiger partial charge on any atom is 0.119 e. The molecule has 1 rings (SSSR count). The molecule has 0 aliphatic heterocycles. The Kier molecular flexibility index (Phi) is 9.35. The lowest BCUT2D eigenvalue weighted by Crippen LogP contribution is -2.26. The lowest BCUT2D eigenvalue weighted by molar-refractivity contribution is 0.340. The molecule has 4 heteroatoms. The van der Waals surface area contributed by atoms with Crippen molar-refractivity contribution in [1.29, 1.82) is 0 Å². The van der Waals surface area contributed by atoms with E-state index in [-0.39, 0.29) is 6.04 Å². The van der Waals surface area contributed by atoms with Gasteiger partial charge < -0.3 is 10.1 Å². The normalized spacial score (nSPS) is 13.9. The standard InChI is InChI=1S/C17H29NO2S/c1-4-7-8-13-21(19)14-17(18-5-2)15-9-11-16(12-10-15)20-6-3/h9-12,17-18H,4-8,13-14H2,1-3H3. The average molecular weight is 311 g/mol. The summed E-state index contributed by atoms with van der Waals surface area (Å²) in [4.78, 5) is 0. The van der Waals surface area contributed by atoms with E-state index in [9.17, 15) is 4.21 Å². The highest BCUT2D eigenvalue weighted by Crippen LogP contribution is 2.19. The maximum atomic E-state index is 12.2. The van der Waals surface area contributed by atoms with Crippen LogP contribution in [0.25, 0.3) is 0 Å². The minimum Gasteiger partial charge on any atom is -0.494 e. The first kappa shape index (κ1) is 18.2. The molecule has 1 N–H and O–H groups in total. The van der Waals surface area contributed by atoms with Gasteiger partial charge in [-0.1, -0.05) is 38.8 Å². The van der Waals surface area contributed by atoms with Gasteiger partial charge in [-0.25, -0.2) is 0 Å². The Morgan fingerprint density at radius 2 is 1.86 bits per heavy atom. The Labute approximate surface area is 131 Å². The van der Waals surface area contributed by atoms with E-state index in [1.165, 1.54) is 18.4 Å². The molecular weight excluding hydrogens is 282 g/mol. The summed E-state index contributed by atoms with van der Waals surface area (Å²) in [6, 6.07) is 8.28. The van der Waals surface area contributed by atoms with Crippen LogP contribution < -0.4 is 10.1 Å². The highest BCUT2D eigenvalue weighted by atomic mass is 32.2. The fourth-order valence-corrected chi connectivity index (χ4v) is 3.64. The highest BCUT2D eigenvalue weighted by molar-refractivity contribution is 7.85. The van der Waals surface area contributed by atoms with Gasteiger partial charge in [0, 0.05) is 28.3 Å². The molecule has 0 amide bonds. The number of unbranched alkanes of at least 4 members (excludes halogenated alkanes) is 2. The smallest absolute Gasteiger partial charge is 0.119 e. The van der Waals surface area contributed by atoms with Crippen molar-refractivity contribution in [1.82, 2.24) is 5.32 Å². The third-order valence-corrected chi connectivity index (χ3v) is 4.82. The molecule has 0 fully saturated rings. The molecule has 120 valence electrons. The first-order chi connectivity index (χ1) is 10.2. The van der Waals surface area contributed by atoms with Gasteiger partial charge in [-0.3, -0.25) is 4.21 Å². The SMILES string of the molecule is CCCCCS(=O)CC(NCC)c1ccc(OCC)cc1. The summed E-state index contributed by atoms with van der Waals surface area (Å²) in [6.07, 6.45) is 3.40. The minimum atomic E-state index is -0.756. The molecule has 0 bridgehead atoms. The van der Waals surface area contributed by atoms with Crippen molar-refractivity contribution in [2.45, 2.75) is 46.1 Å². The Morgan fingerprint density at radius 1 is 1.14 bits per heavy atom. The van der Waals surface area contributed by atoms with E-state index >= 15 is 0 Å². The summed E-state index contributed by atoms with van der Waals surface area (Å²) in [5.74, 6) is 2.39. The fourth-order valence-electron chi connectivity index (χ4n) is 2.26. The number of nitrogens with one attached hydrogen (secondary N) is 1. The van der Waals surface area contributed by atoms with Crippen LogP contribution in [0.4, 0.5) is 0 Å². The van der Waals surface area contributed by atoms with Crippen LogP contribution in [-0.4, -0.2) is 28.9 Å². The number of rotatable bonds is 11. The molecule has 0 radical (unpaired) electrons. The zero-order valence-electron chi connectivity index (χ0n) is 13.6. The lowest BCUT2D eigenvalue weighted by Gasteiger charge is -2.18. The van der Waals surface area contributed by atoms with Crippen molar-refractivity contribution in [3.8, 4) is 5.75 Å². The van der Waals surface area contributed by atoms with Crippen molar-refractivity contribution < 1.29 is 8.95 Å². The van der Waals surface area contributed by atoms with E-state index < -0.39 is 10.8 Å². The van der Waals surface area contributed by atoms with Crippen LogP contribution >= 0.6 is 0 Å². The molecule has 0 aromatic heterocycles. The van der Waals surface area contributed by atoms with E-state index in [0.717, 1.165) is 24.5 Å². The molecule has 3 nitrogen and oxygen atoms in total. The van der Waals surface area contributed by atoms with Gasteiger partial charge in [-0.15, -0.1) is 0 Å². The van der Waals surface area contributed by atoms with E-state index in [0.29, 0.717) is 12.4 Å². The Bertz CT molecular complexity index is 406. The van der Waals surface area contributed by atoms with Gasteiger partial charge in [-0.05, 0) is 37.6 Å². The molecular formula is C17H29NO2S. The lowest BCUT2D eigenvalue weighted by atomic mass is 10.1. The predicted molar refractivity (Wildman–Crippen MR) is 91.4 cm³/mol. The van der Waals surface area contributed by atoms with Gasteiger partial charge in [0.25, 0.3) is 0 Å². The van der Waals surface area contributed by atoms with Crippen LogP contribution in [0, 0.1) is 0 Å². The Balaban J connectivity index is 2.60. The van der Waals surface area contributed by atoms with Crippen molar-refractivity contribution in [3.63, 3.8) is 0 Å². The first-order valence-electron chi connectivity index (χ1n) is 8.02. The number of benzene rings is 1. The number of ether oxygens (including phenoxy) is 1. The van der Waals surface area contributed by atoms with E-state index in [1.54, 1.807) is 0 Å². The number of hydrogen-bond acceptors (Lipinski definition) is 3. The van der Waals surface area contributed by atoms with Crippen molar-refractivity contribution in [2.24, 2.45) is 0 Å². The molecule has 2 unspecified atom stereocenters. The van der Waals surface area contributed by atoms with Crippen LogP contribution in [0.3, 0.4) is 0 Å². The van der Waals surface area contributed by atoms with Crippen LogP contribution in [-0.2, 0) is 10.8 Å². The third kappa shape index (κ3) is 7.09. The molecule has 0 heterocycles. The quantitative estimate of drug-likeness (QED) is 0.634. The molecule has 0 aliphatic rings. The Morgan fingerprint density at radius 3 is 2.43 bits per heavy atom. The van der Waals surface area contributed by atoms with Gasteiger partial charge >= 0.3 is 0 Å². The van der Waals surface area contributed by atoms with Gasteiger partial charge in [0.2, 0.25) is 0 Å². The molecule has 21 heavy (non-hydrogen) atoms. The monoisotopic (exact) mass is 311 g/mol. The first-order valence-corrected chi connectivity index (χ1v) is 9.51. The van der Waals surface area contributed by atoms with Crippen molar-refractivity contribution >= 4 is 10.8 Å². The molecule has 1 aromatic rings. The molecule has 1 aromatic carbocycles. The minimum absolute atomic E-state index is 0.160. The summed E-state index contributed by atoms with van der Waals surface area (Å²) in [5, 5.41) is 3.44. The fraction of sp³-hybridized carbons (Fsp3) is 0.647. The van der Waals surface area contributed by atoms with E-state index in [1.807, 2.05) is 19.1 Å². The van der Waals surface area contributed by atoms with Crippen LogP contribution in [0.2, 0.25) is 0 Å². The third-order valence-electron chi connectivity index (χ3n) is 3.37. The molecule has 0 saturated carbocycles. The summed E-state index contributed by atoms with van der Waals surface area (Å²) < 4.78 is 17.7. The Hall–Kier alpha value is -0.870. The van der Waals surface area contributed by atoms with Crippen LogP contribution in [0.5, 0.6) is 5.75 Å². The topological polar surface area (TPSA) is 38.3 Å². The van der Waals surface area contributed by atoms with Gasteiger partial charge in [0.05, 0.1) is 6.61 Å². The van der Waals surface area contributed by atoms with Gasteiger partial charge in [0.15, 0.2) is 0 Å². The predicted octanol–water partition coefficient (Wildman–Crippen LogP) is 3.67. The maximum absolute atomic E-state index is 12.2. The second-order valence-corrected chi connectivity index (χ2v) is 6.75. The van der Waals surface area contributed by atoms with Crippen molar-refractivity contribution in [3.05, 3.63) is 29.8 Å². The molecule has 0 saturated heterocycles. The average Bonchev–Trinajstić information content (AvgIpc) is 2.48. The highest BCUT2D eigenvalue weighted by Gasteiger charge is 2.14. The second kappa shape index (κ2) is 10.8. The van der Waals surface area contributed by atoms with E-state index in [2.05, 4.69) is 31.3 Å². The largest absolute Gasteiger partial charge is 0.494 e.